The van der Waals surface area contributed by atoms with Crippen LogP contribution in [0.15, 0.2) is 23.0 Å². The van der Waals surface area contributed by atoms with Gasteiger partial charge in [0.15, 0.2) is 0 Å². The second-order valence-corrected chi connectivity index (χ2v) is 3.36. The van der Waals surface area contributed by atoms with Crippen LogP contribution in [0.5, 0.6) is 0 Å². The van der Waals surface area contributed by atoms with Crippen LogP contribution in [0.4, 0.5) is 0 Å². The molecule has 0 aliphatic rings. The van der Waals surface area contributed by atoms with Crippen LogP contribution >= 0.6 is 12.2 Å². The Labute approximate surface area is 87.5 Å². The molecule has 0 spiro atoms. The molecule has 1 amide bonds. The Morgan fingerprint density at radius 3 is 3.00 bits per heavy atom. The molecule has 3 N–H and O–H groups in total. The molecule has 1 heterocycles. The fraction of sp³-hybridized carbons (Fsp3) is 0.333. The Morgan fingerprint density at radius 1 is 1.64 bits per heavy atom. The largest absolute Gasteiger partial charge is 0.472 e. The van der Waals surface area contributed by atoms with Gasteiger partial charge in [0, 0.05) is 6.54 Å². The summed E-state index contributed by atoms with van der Waals surface area (Å²) in [6, 6.07) is 1.61. The van der Waals surface area contributed by atoms with E-state index < -0.39 is 0 Å². The highest BCUT2D eigenvalue weighted by Crippen LogP contribution is 1.99. The van der Waals surface area contributed by atoms with Crippen LogP contribution in [0.1, 0.15) is 23.2 Å². The molecule has 0 aromatic carbocycles. The average Bonchev–Trinajstić information content (AvgIpc) is 2.64. The lowest BCUT2D eigenvalue weighted by Gasteiger charge is -2.01. The number of rotatable bonds is 5. The lowest BCUT2D eigenvalue weighted by molar-refractivity contribution is 0.0953. The quantitative estimate of drug-likeness (QED) is 0.566. The van der Waals surface area contributed by atoms with Crippen molar-refractivity contribution in [2.45, 2.75) is 12.8 Å². The fourth-order valence-corrected chi connectivity index (χ4v) is 1.10. The maximum atomic E-state index is 11.3. The number of nitrogens with two attached hydrogens (primary N) is 1. The molecule has 4 nitrogen and oxygen atoms in total. The van der Waals surface area contributed by atoms with Crippen molar-refractivity contribution < 1.29 is 9.21 Å². The van der Waals surface area contributed by atoms with Crippen molar-refractivity contribution in [1.29, 1.82) is 0 Å². The summed E-state index contributed by atoms with van der Waals surface area (Å²) in [6.07, 6.45) is 4.28. The molecule has 1 aromatic heterocycles. The third-order valence-corrected chi connectivity index (χ3v) is 1.87. The average molecular weight is 212 g/mol. The summed E-state index contributed by atoms with van der Waals surface area (Å²) < 4.78 is 4.78. The molecular formula is C9H12N2O2S. The summed E-state index contributed by atoms with van der Waals surface area (Å²) in [7, 11) is 0. The van der Waals surface area contributed by atoms with Gasteiger partial charge in [0.2, 0.25) is 0 Å². The summed E-state index contributed by atoms with van der Waals surface area (Å²) in [5.41, 5.74) is 5.84. The first-order valence-electron chi connectivity index (χ1n) is 4.29. The number of hydrogen-bond donors (Lipinski definition) is 2. The number of furan rings is 1. The van der Waals surface area contributed by atoms with Gasteiger partial charge in [-0.2, -0.15) is 0 Å². The zero-order valence-corrected chi connectivity index (χ0v) is 8.47. The lowest BCUT2D eigenvalue weighted by atomic mass is 10.3. The molecule has 0 radical (unpaired) electrons. The Balaban J connectivity index is 2.19. The van der Waals surface area contributed by atoms with Crippen LogP contribution in [0.3, 0.4) is 0 Å². The van der Waals surface area contributed by atoms with Gasteiger partial charge in [-0.3, -0.25) is 4.79 Å². The highest BCUT2D eigenvalue weighted by atomic mass is 32.1. The van der Waals surface area contributed by atoms with Crippen LogP contribution < -0.4 is 11.1 Å². The molecule has 1 aromatic rings. The van der Waals surface area contributed by atoms with Crippen molar-refractivity contribution in [3.63, 3.8) is 0 Å². The van der Waals surface area contributed by atoms with E-state index in [1.807, 2.05) is 0 Å². The zero-order chi connectivity index (χ0) is 10.4. The Morgan fingerprint density at radius 2 is 2.43 bits per heavy atom. The third-order valence-electron chi connectivity index (χ3n) is 1.67. The third kappa shape index (κ3) is 3.57. The van der Waals surface area contributed by atoms with E-state index in [9.17, 15) is 4.79 Å². The summed E-state index contributed by atoms with van der Waals surface area (Å²) in [4.78, 5) is 11.8. The summed E-state index contributed by atoms with van der Waals surface area (Å²) in [5.74, 6) is -0.137. The van der Waals surface area contributed by atoms with E-state index in [1.54, 1.807) is 6.07 Å². The molecule has 0 fully saturated rings. The van der Waals surface area contributed by atoms with E-state index in [0.29, 0.717) is 23.5 Å². The van der Waals surface area contributed by atoms with E-state index in [-0.39, 0.29) is 5.91 Å². The number of carbonyl (C=O) groups is 1. The topological polar surface area (TPSA) is 68.3 Å². The monoisotopic (exact) mass is 212 g/mol. The first-order chi connectivity index (χ1) is 6.70. The normalized spacial score (nSPS) is 9.71. The predicted molar refractivity (Wildman–Crippen MR) is 57.1 cm³/mol. The number of carbonyl (C=O) groups excluding carboxylic acids is 1. The van der Waals surface area contributed by atoms with Gasteiger partial charge in [0.1, 0.15) is 6.26 Å². The van der Waals surface area contributed by atoms with E-state index in [0.717, 1.165) is 6.42 Å². The molecule has 14 heavy (non-hydrogen) atoms. The van der Waals surface area contributed by atoms with Crippen LogP contribution in [-0.4, -0.2) is 17.4 Å². The molecule has 76 valence electrons. The van der Waals surface area contributed by atoms with Crippen LogP contribution in [0, 0.1) is 0 Å². The smallest absolute Gasteiger partial charge is 0.254 e. The van der Waals surface area contributed by atoms with Gasteiger partial charge >= 0.3 is 0 Å². The highest BCUT2D eigenvalue weighted by Gasteiger charge is 2.04. The van der Waals surface area contributed by atoms with Crippen molar-refractivity contribution in [3.8, 4) is 0 Å². The van der Waals surface area contributed by atoms with Gasteiger partial charge < -0.3 is 15.5 Å². The summed E-state index contributed by atoms with van der Waals surface area (Å²) in [6.45, 7) is 0.571. The highest BCUT2D eigenvalue weighted by molar-refractivity contribution is 7.80. The minimum absolute atomic E-state index is 0.137. The Bertz CT molecular complexity index is 309. The minimum atomic E-state index is -0.137. The molecular weight excluding hydrogens is 200 g/mol. The zero-order valence-electron chi connectivity index (χ0n) is 7.66. The summed E-state index contributed by atoms with van der Waals surface area (Å²) >= 11 is 4.70. The van der Waals surface area contributed by atoms with Crippen LogP contribution in [-0.2, 0) is 0 Å². The van der Waals surface area contributed by atoms with E-state index in [1.165, 1.54) is 12.5 Å². The molecule has 0 unspecified atom stereocenters. The molecule has 5 heteroatoms. The predicted octanol–water partition coefficient (Wildman–Crippen LogP) is 1.08. The van der Waals surface area contributed by atoms with Gasteiger partial charge in [0.05, 0.1) is 16.8 Å². The lowest BCUT2D eigenvalue weighted by Crippen LogP contribution is -2.24. The minimum Gasteiger partial charge on any atom is -0.472 e. The Kier molecular flexibility index (Phi) is 4.12. The van der Waals surface area contributed by atoms with Crippen LogP contribution in [0.2, 0.25) is 0 Å². The van der Waals surface area contributed by atoms with E-state index in [2.05, 4.69) is 5.32 Å². The maximum absolute atomic E-state index is 11.3. The van der Waals surface area contributed by atoms with E-state index >= 15 is 0 Å². The van der Waals surface area contributed by atoms with Crippen molar-refractivity contribution in [2.75, 3.05) is 6.54 Å². The molecule has 0 bridgehead atoms. The first kappa shape index (κ1) is 10.7. The second kappa shape index (κ2) is 5.39. The number of amides is 1. The maximum Gasteiger partial charge on any atom is 0.254 e. The molecule has 0 aliphatic carbocycles. The Hall–Kier alpha value is -1.36. The first-order valence-corrected chi connectivity index (χ1v) is 4.69. The SMILES string of the molecule is NC(=S)CCCNC(=O)c1ccoc1. The molecule has 1 rings (SSSR count). The van der Waals surface area contributed by atoms with Crippen LogP contribution in [0.25, 0.3) is 0 Å². The molecule has 0 atom stereocenters. The number of thiocarbonyl (C=S) groups is 1. The molecule has 0 saturated heterocycles. The molecule has 0 aliphatic heterocycles. The van der Waals surface area contributed by atoms with Crippen molar-refractivity contribution in [3.05, 3.63) is 24.2 Å². The summed E-state index contributed by atoms with van der Waals surface area (Å²) in [5, 5.41) is 2.73. The second-order valence-electron chi connectivity index (χ2n) is 2.84. The standard InChI is InChI=1S/C9H12N2O2S/c10-8(14)2-1-4-11-9(12)7-3-5-13-6-7/h3,5-6H,1-2,4H2,(H2,10,14)(H,11,12). The van der Waals surface area contributed by atoms with Gasteiger partial charge in [-0.25, -0.2) is 0 Å². The molecule has 0 saturated carbocycles. The van der Waals surface area contributed by atoms with Crippen molar-refractivity contribution >= 4 is 23.1 Å². The van der Waals surface area contributed by atoms with Crippen molar-refractivity contribution in [2.24, 2.45) is 5.73 Å². The van der Waals surface area contributed by atoms with Gasteiger partial charge in [-0.1, -0.05) is 12.2 Å². The van der Waals surface area contributed by atoms with Crippen molar-refractivity contribution in [1.82, 2.24) is 5.32 Å². The number of nitrogens with one attached hydrogen (secondary N) is 1. The van der Waals surface area contributed by atoms with Gasteiger partial charge in [0.25, 0.3) is 5.91 Å². The fourth-order valence-electron chi connectivity index (χ4n) is 0.960. The van der Waals surface area contributed by atoms with E-state index in [4.69, 9.17) is 22.4 Å². The van der Waals surface area contributed by atoms with Gasteiger partial charge in [-0.05, 0) is 18.9 Å². The van der Waals surface area contributed by atoms with Gasteiger partial charge in [-0.15, -0.1) is 0 Å². The number of hydrogen-bond acceptors (Lipinski definition) is 3.